The van der Waals surface area contributed by atoms with Crippen molar-refractivity contribution in [3.8, 4) is 17.2 Å². The van der Waals surface area contributed by atoms with E-state index in [-0.39, 0.29) is 11.4 Å². The summed E-state index contributed by atoms with van der Waals surface area (Å²) in [6.07, 6.45) is -1.82. The fourth-order valence-electron chi connectivity index (χ4n) is 2.79. The third-order valence-electron chi connectivity index (χ3n) is 4.22. The van der Waals surface area contributed by atoms with Crippen molar-refractivity contribution in [2.24, 2.45) is 0 Å². The highest BCUT2D eigenvalue weighted by atomic mass is 19.4. The second-order valence-corrected chi connectivity index (χ2v) is 6.44. The molecule has 0 aliphatic heterocycles. The number of amides is 1. The second-order valence-electron chi connectivity index (χ2n) is 6.44. The van der Waals surface area contributed by atoms with Crippen LogP contribution < -0.4 is 10.1 Å². The second kappa shape index (κ2) is 8.46. The number of nitrogens with zero attached hydrogens (tertiary/aromatic N) is 4. The summed E-state index contributed by atoms with van der Waals surface area (Å²) in [5.74, 6) is -0.735. The standard InChI is InChI=1S/C21H13F4N5O2/c22-13-1-5-15(6-2-13)30-19(21(23,24)25)18(28-29-30)20(31)27-14-3-7-16(8-4-14)32-17-9-11-26-12-10-17/h1-12H,(H,27,31). The molecule has 2 aromatic heterocycles. The summed E-state index contributed by atoms with van der Waals surface area (Å²) < 4.78 is 60.2. The third kappa shape index (κ3) is 4.56. The molecule has 0 aliphatic rings. The molecule has 7 nitrogen and oxygen atoms in total. The summed E-state index contributed by atoms with van der Waals surface area (Å²) in [7, 11) is 0. The zero-order valence-corrected chi connectivity index (χ0v) is 16.0. The van der Waals surface area contributed by atoms with E-state index in [9.17, 15) is 22.4 Å². The molecule has 0 bridgehead atoms. The molecular formula is C21H13F4N5O2. The molecule has 162 valence electrons. The summed E-state index contributed by atoms with van der Waals surface area (Å²) in [4.78, 5) is 16.4. The van der Waals surface area contributed by atoms with E-state index < -0.39 is 29.3 Å². The molecule has 11 heteroatoms. The van der Waals surface area contributed by atoms with Gasteiger partial charge in [0.15, 0.2) is 11.4 Å². The first-order valence-electron chi connectivity index (χ1n) is 9.09. The van der Waals surface area contributed by atoms with Crippen molar-refractivity contribution < 1.29 is 27.1 Å². The average molecular weight is 443 g/mol. The Hall–Kier alpha value is -4.28. The number of rotatable bonds is 5. The van der Waals surface area contributed by atoms with Crippen LogP contribution in [0.4, 0.5) is 23.2 Å². The number of carbonyl (C=O) groups excluding carboxylic acids is 1. The van der Waals surface area contributed by atoms with Crippen LogP contribution in [0.15, 0.2) is 73.1 Å². The molecule has 0 atom stereocenters. The molecule has 0 saturated carbocycles. The number of benzene rings is 2. The molecule has 4 aromatic rings. The van der Waals surface area contributed by atoms with Crippen molar-refractivity contribution in [3.05, 3.63) is 90.3 Å². The summed E-state index contributed by atoms with van der Waals surface area (Å²) in [5, 5.41) is 9.21. The first-order valence-corrected chi connectivity index (χ1v) is 9.09. The first kappa shape index (κ1) is 21.0. The van der Waals surface area contributed by atoms with Crippen molar-refractivity contribution in [1.82, 2.24) is 20.0 Å². The van der Waals surface area contributed by atoms with Gasteiger partial charge < -0.3 is 10.1 Å². The van der Waals surface area contributed by atoms with E-state index in [1.54, 1.807) is 24.5 Å². The van der Waals surface area contributed by atoms with Crippen molar-refractivity contribution in [2.75, 3.05) is 5.32 Å². The average Bonchev–Trinajstić information content (AvgIpc) is 3.22. The smallest absolute Gasteiger partial charge is 0.435 e. The number of nitrogens with one attached hydrogen (secondary N) is 1. The SMILES string of the molecule is O=C(Nc1ccc(Oc2ccncc2)cc1)c1nnn(-c2ccc(F)cc2)c1C(F)(F)F. The maximum atomic E-state index is 13.7. The summed E-state index contributed by atoms with van der Waals surface area (Å²) in [6, 6.07) is 13.5. The molecule has 0 fully saturated rings. The maximum absolute atomic E-state index is 13.7. The highest BCUT2D eigenvalue weighted by Crippen LogP contribution is 2.33. The Morgan fingerprint density at radius 2 is 1.53 bits per heavy atom. The summed E-state index contributed by atoms with van der Waals surface area (Å²) in [5.41, 5.74) is -2.16. The number of anilines is 1. The predicted molar refractivity (Wildman–Crippen MR) is 105 cm³/mol. The molecule has 2 aromatic carbocycles. The lowest BCUT2D eigenvalue weighted by molar-refractivity contribution is -0.143. The Labute approximate surface area is 178 Å². The normalized spacial score (nSPS) is 11.2. The van der Waals surface area contributed by atoms with E-state index in [1.165, 1.54) is 24.3 Å². The van der Waals surface area contributed by atoms with Crippen LogP contribution >= 0.6 is 0 Å². The molecule has 0 radical (unpaired) electrons. The Kier molecular flexibility index (Phi) is 5.54. The lowest BCUT2D eigenvalue weighted by Crippen LogP contribution is -2.21. The summed E-state index contributed by atoms with van der Waals surface area (Å²) in [6.45, 7) is 0. The minimum absolute atomic E-state index is 0.0945. The van der Waals surface area contributed by atoms with Gasteiger partial charge in [0.25, 0.3) is 5.91 Å². The van der Waals surface area contributed by atoms with Gasteiger partial charge in [0.05, 0.1) is 5.69 Å². The Morgan fingerprint density at radius 1 is 0.906 bits per heavy atom. The number of hydrogen-bond donors (Lipinski definition) is 1. The predicted octanol–water partition coefficient (Wildman–Crippen LogP) is 4.86. The minimum Gasteiger partial charge on any atom is -0.457 e. The molecule has 0 unspecified atom stereocenters. The molecule has 0 spiro atoms. The van der Waals surface area contributed by atoms with E-state index >= 15 is 0 Å². The number of carbonyl (C=O) groups is 1. The quantitative estimate of drug-likeness (QED) is 0.446. The number of hydrogen-bond acceptors (Lipinski definition) is 5. The van der Waals surface area contributed by atoms with Gasteiger partial charge in [-0.3, -0.25) is 9.78 Å². The molecule has 0 saturated heterocycles. The van der Waals surface area contributed by atoms with E-state index in [1.807, 2.05) is 0 Å². The van der Waals surface area contributed by atoms with Gasteiger partial charge in [0.2, 0.25) is 0 Å². The van der Waals surface area contributed by atoms with Gasteiger partial charge in [-0.1, -0.05) is 5.21 Å². The van der Waals surface area contributed by atoms with E-state index in [2.05, 4.69) is 20.6 Å². The van der Waals surface area contributed by atoms with Gasteiger partial charge in [-0.15, -0.1) is 5.10 Å². The lowest BCUT2D eigenvalue weighted by Gasteiger charge is -2.11. The van der Waals surface area contributed by atoms with Crippen LogP contribution in [0.25, 0.3) is 5.69 Å². The van der Waals surface area contributed by atoms with Gasteiger partial charge in [0, 0.05) is 18.1 Å². The Bertz CT molecular complexity index is 1220. The monoisotopic (exact) mass is 443 g/mol. The number of alkyl halides is 3. The number of halogens is 4. The fraction of sp³-hybridized carbons (Fsp3) is 0.0476. The van der Waals surface area contributed by atoms with Crippen molar-refractivity contribution in [2.45, 2.75) is 6.18 Å². The van der Waals surface area contributed by atoms with Crippen LogP contribution in [0.1, 0.15) is 16.2 Å². The van der Waals surface area contributed by atoms with Crippen molar-refractivity contribution in [1.29, 1.82) is 0 Å². The molecule has 0 aliphatic carbocycles. The first-order chi connectivity index (χ1) is 15.3. The minimum atomic E-state index is -4.94. The molecular weight excluding hydrogens is 430 g/mol. The van der Waals surface area contributed by atoms with Crippen LogP contribution in [0.2, 0.25) is 0 Å². The van der Waals surface area contributed by atoms with Crippen LogP contribution in [-0.4, -0.2) is 25.9 Å². The molecule has 32 heavy (non-hydrogen) atoms. The number of ether oxygens (including phenoxy) is 1. The molecule has 4 rings (SSSR count). The van der Waals surface area contributed by atoms with Gasteiger partial charge in [-0.2, -0.15) is 13.2 Å². The summed E-state index contributed by atoms with van der Waals surface area (Å²) >= 11 is 0. The van der Waals surface area contributed by atoms with Crippen LogP contribution in [0.3, 0.4) is 0 Å². The van der Waals surface area contributed by atoms with Gasteiger partial charge in [0.1, 0.15) is 17.3 Å². The topological polar surface area (TPSA) is 81.9 Å². The van der Waals surface area contributed by atoms with Gasteiger partial charge in [-0.25, -0.2) is 9.07 Å². The zero-order chi connectivity index (χ0) is 22.7. The zero-order valence-electron chi connectivity index (χ0n) is 16.0. The lowest BCUT2D eigenvalue weighted by atomic mass is 10.2. The van der Waals surface area contributed by atoms with E-state index in [0.717, 1.165) is 24.3 Å². The molecule has 1 amide bonds. The fourth-order valence-corrected chi connectivity index (χ4v) is 2.79. The van der Waals surface area contributed by atoms with Crippen molar-refractivity contribution >= 4 is 11.6 Å². The van der Waals surface area contributed by atoms with E-state index in [4.69, 9.17) is 4.74 Å². The largest absolute Gasteiger partial charge is 0.457 e. The van der Waals surface area contributed by atoms with Crippen LogP contribution in [0, 0.1) is 5.82 Å². The maximum Gasteiger partial charge on any atom is 0.435 e. The third-order valence-corrected chi connectivity index (χ3v) is 4.22. The Balaban J connectivity index is 1.56. The Morgan fingerprint density at radius 3 is 2.16 bits per heavy atom. The van der Waals surface area contributed by atoms with E-state index in [0.29, 0.717) is 16.2 Å². The van der Waals surface area contributed by atoms with Crippen LogP contribution in [-0.2, 0) is 6.18 Å². The van der Waals surface area contributed by atoms with Gasteiger partial charge in [-0.05, 0) is 60.7 Å². The molecule has 2 heterocycles. The number of pyridine rings is 1. The highest BCUT2D eigenvalue weighted by Gasteiger charge is 2.42. The highest BCUT2D eigenvalue weighted by molar-refractivity contribution is 6.03. The number of aromatic nitrogens is 4. The van der Waals surface area contributed by atoms with Crippen molar-refractivity contribution in [3.63, 3.8) is 0 Å². The molecule has 1 N–H and O–H groups in total. The van der Waals surface area contributed by atoms with Gasteiger partial charge >= 0.3 is 6.18 Å². The van der Waals surface area contributed by atoms with Crippen LogP contribution in [0.5, 0.6) is 11.5 Å².